The summed E-state index contributed by atoms with van der Waals surface area (Å²) >= 11 is 0. The van der Waals surface area contributed by atoms with E-state index in [2.05, 4.69) is 24.4 Å². The van der Waals surface area contributed by atoms with Crippen molar-refractivity contribution in [1.29, 1.82) is 0 Å². The third-order valence-electron chi connectivity index (χ3n) is 5.44. The van der Waals surface area contributed by atoms with Gasteiger partial charge in [0.05, 0.1) is 0 Å². The smallest absolute Gasteiger partial charge is 0.219 e. The van der Waals surface area contributed by atoms with Crippen LogP contribution in [-0.4, -0.2) is 19.0 Å². The Morgan fingerprint density at radius 1 is 0.655 bits per heavy atom. The van der Waals surface area contributed by atoms with Gasteiger partial charge in [-0.25, -0.2) is 0 Å². The van der Waals surface area contributed by atoms with E-state index in [1.165, 1.54) is 96.3 Å². The van der Waals surface area contributed by atoms with E-state index in [9.17, 15) is 10.0 Å². The summed E-state index contributed by atoms with van der Waals surface area (Å²) in [5.74, 6) is 0.122. The van der Waals surface area contributed by atoms with Crippen LogP contribution in [0.5, 0.6) is 0 Å². The molecule has 0 aliphatic rings. The number of hydrogen-bond donors (Lipinski definition) is 2. The number of hydroxylamine groups is 1. The van der Waals surface area contributed by atoms with Crippen molar-refractivity contribution in [2.45, 2.75) is 129 Å². The number of allylic oxidation sites excluding steroid dienone is 2. The van der Waals surface area contributed by atoms with Crippen LogP contribution in [-0.2, 0) is 4.79 Å². The lowest BCUT2D eigenvalue weighted by molar-refractivity contribution is -0.121. The third-order valence-corrected chi connectivity index (χ3v) is 5.44. The zero-order valence-electron chi connectivity index (χ0n) is 19.3. The van der Waals surface area contributed by atoms with Gasteiger partial charge in [0.25, 0.3) is 0 Å². The predicted octanol–water partition coefficient (Wildman–Crippen LogP) is 7.18. The van der Waals surface area contributed by atoms with Gasteiger partial charge in [0.1, 0.15) is 0 Å². The van der Waals surface area contributed by atoms with Gasteiger partial charge in [-0.1, -0.05) is 96.1 Å². The fourth-order valence-electron chi connectivity index (χ4n) is 3.54. The Kier molecular flexibility index (Phi) is 24.4. The van der Waals surface area contributed by atoms with E-state index < -0.39 is 0 Å². The minimum absolute atomic E-state index is 0.122. The zero-order valence-corrected chi connectivity index (χ0v) is 19.3. The Morgan fingerprint density at radius 2 is 1.14 bits per heavy atom. The van der Waals surface area contributed by atoms with Crippen LogP contribution in [0.1, 0.15) is 129 Å². The van der Waals surface area contributed by atoms with Crippen molar-refractivity contribution in [1.82, 2.24) is 10.8 Å². The molecule has 0 fully saturated rings. The standard InChI is InChI=1S/C25H49N2O2/c1-2-3-4-5-6-7-8-9-10-11-12-13-14-15-16-17-18-19-20-22-25(28)26-23-21-24-27-29/h9-10,27H,2-8,11-24H2,1H3,(H,26,28)/q-1/b10-9-. The molecule has 0 aromatic carbocycles. The minimum atomic E-state index is 0.122. The molecule has 0 rings (SSSR count). The lowest BCUT2D eigenvalue weighted by Gasteiger charge is -2.08. The van der Waals surface area contributed by atoms with Crippen molar-refractivity contribution in [3.8, 4) is 0 Å². The summed E-state index contributed by atoms with van der Waals surface area (Å²) in [6, 6.07) is 0. The number of hydrogen-bond acceptors (Lipinski definition) is 3. The highest BCUT2D eigenvalue weighted by atomic mass is 16.5. The Bertz CT molecular complexity index is 359. The zero-order chi connectivity index (χ0) is 21.3. The van der Waals surface area contributed by atoms with Crippen molar-refractivity contribution in [2.75, 3.05) is 13.1 Å². The molecule has 0 bridgehead atoms. The van der Waals surface area contributed by atoms with Crippen LogP contribution in [0.3, 0.4) is 0 Å². The predicted molar refractivity (Wildman–Crippen MR) is 127 cm³/mol. The second-order valence-corrected chi connectivity index (χ2v) is 8.35. The number of carbonyl (C=O) groups excluding carboxylic acids is 1. The summed E-state index contributed by atoms with van der Waals surface area (Å²) in [4.78, 5) is 11.6. The van der Waals surface area contributed by atoms with Crippen LogP contribution in [0.2, 0.25) is 0 Å². The number of amides is 1. The maximum Gasteiger partial charge on any atom is 0.219 e. The average molecular weight is 410 g/mol. The average Bonchev–Trinajstić information content (AvgIpc) is 2.73. The molecule has 4 nitrogen and oxygen atoms in total. The molecule has 0 atom stereocenters. The van der Waals surface area contributed by atoms with Gasteiger partial charge in [-0.2, -0.15) is 0 Å². The SMILES string of the molecule is CCCCCCCC/C=C\CCCCCCCCCCCC(=O)NCCCN[O-]. The fraction of sp³-hybridized carbons (Fsp3) is 0.880. The molecule has 0 radical (unpaired) electrons. The molecule has 0 spiro atoms. The molecule has 0 aromatic heterocycles. The lowest BCUT2D eigenvalue weighted by atomic mass is 10.1. The van der Waals surface area contributed by atoms with E-state index in [0.717, 1.165) is 12.8 Å². The largest absolute Gasteiger partial charge is 0.788 e. The van der Waals surface area contributed by atoms with Gasteiger partial charge in [0.2, 0.25) is 5.91 Å². The molecule has 0 aliphatic heterocycles. The van der Waals surface area contributed by atoms with E-state index >= 15 is 0 Å². The summed E-state index contributed by atoms with van der Waals surface area (Å²) in [5.41, 5.74) is 1.84. The number of carbonyl (C=O) groups is 1. The molecule has 1 amide bonds. The monoisotopic (exact) mass is 409 g/mol. The van der Waals surface area contributed by atoms with E-state index in [-0.39, 0.29) is 5.91 Å². The minimum Gasteiger partial charge on any atom is -0.788 e. The van der Waals surface area contributed by atoms with Crippen molar-refractivity contribution < 1.29 is 4.79 Å². The van der Waals surface area contributed by atoms with Crippen LogP contribution < -0.4 is 10.8 Å². The van der Waals surface area contributed by atoms with Crippen LogP contribution in [0.4, 0.5) is 0 Å². The molecule has 0 unspecified atom stereocenters. The molecule has 2 N–H and O–H groups in total. The van der Waals surface area contributed by atoms with Crippen molar-refractivity contribution in [3.05, 3.63) is 17.4 Å². The second kappa shape index (κ2) is 25.2. The highest BCUT2D eigenvalue weighted by Crippen LogP contribution is 2.12. The molecule has 4 heteroatoms. The third kappa shape index (κ3) is 25.1. The number of nitrogens with one attached hydrogen (secondary N) is 2. The molecular formula is C25H49N2O2-. The summed E-state index contributed by atoms with van der Waals surface area (Å²) in [7, 11) is 0. The van der Waals surface area contributed by atoms with E-state index in [1.54, 1.807) is 0 Å². The topological polar surface area (TPSA) is 64.2 Å². The first kappa shape index (κ1) is 28.1. The normalized spacial score (nSPS) is 11.4. The number of unbranched alkanes of at least 4 members (excludes halogenated alkanes) is 15. The first-order valence-corrected chi connectivity index (χ1v) is 12.6. The maximum atomic E-state index is 11.6. The van der Waals surface area contributed by atoms with E-state index in [4.69, 9.17) is 0 Å². The molecule has 0 saturated carbocycles. The highest BCUT2D eigenvalue weighted by Gasteiger charge is 2.00. The van der Waals surface area contributed by atoms with Crippen molar-refractivity contribution in [3.63, 3.8) is 0 Å². The van der Waals surface area contributed by atoms with E-state index in [1.807, 2.05) is 5.48 Å². The first-order valence-electron chi connectivity index (χ1n) is 12.6. The summed E-state index contributed by atoms with van der Waals surface area (Å²) in [6.07, 6.45) is 28.4. The van der Waals surface area contributed by atoms with Crippen LogP contribution in [0.25, 0.3) is 0 Å². The first-order chi connectivity index (χ1) is 14.3. The summed E-state index contributed by atoms with van der Waals surface area (Å²) in [6.45, 7) is 3.29. The lowest BCUT2D eigenvalue weighted by Crippen LogP contribution is -2.25. The molecule has 0 aromatic rings. The van der Waals surface area contributed by atoms with Gasteiger partial charge in [-0.3, -0.25) is 4.79 Å². The van der Waals surface area contributed by atoms with Gasteiger partial charge in [-0.05, 0) is 45.1 Å². The Morgan fingerprint density at radius 3 is 1.66 bits per heavy atom. The molecule has 0 heterocycles. The van der Waals surface area contributed by atoms with Crippen LogP contribution in [0, 0.1) is 5.21 Å². The van der Waals surface area contributed by atoms with Gasteiger partial charge in [0.15, 0.2) is 0 Å². The molecule has 29 heavy (non-hydrogen) atoms. The van der Waals surface area contributed by atoms with Crippen molar-refractivity contribution in [2.24, 2.45) is 0 Å². The Balaban J connectivity index is 3.14. The molecule has 172 valence electrons. The van der Waals surface area contributed by atoms with Gasteiger partial charge >= 0.3 is 0 Å². The van der Waals surface area contributed by atoms with Crippen LogP contribution >= 0.6 is 0 Å². The van der Waals surface area contributed by atoms with Crippen LogP contribution in [0.15, 0.2) is 12.2 Å². The number of rotatable bonds is 23. The Labute approximate surface area is 181 Å². The fourth-order valence-corrected chi connectivity index (χ4v) is 3.54. The molecular weight excluding hydrogens is 360 g/mol. The van der Waals surface area contributed by atoms with Gasteiger partial charge in [-0.15, -0.1) is 0 Å². The van der Waals surface area contributed by atoms with E-state index in [0.29, 0.717) is 25.9 Å². The maximum absolute atomic E-state index is 11.6. The van der Waals surface area contributed by atoms with Gasteiger partial charge < -0.3 is 16.0 Å². The van der Waals surface area contributed by atoms with Gasteiger partial charge in [0, 0.05) is 13.0 Å². The quantitative estimate of drug-likeness (QED) is 0.107. The second-order valence-electron chi connectivity index (χ2n) is 8.35. The Hall–Kier alpha value is -0.870. The highest BCUT2D eigenvalue weighted by molar-refractivity contribution is 5.75. The summed E-state index contributed by atoms with van der Waals surface area (Å²) < 4.78 is 0. The molecule has 0 saturated heterocycles. The molecule has 0 aliphatic carbocycles. The summed E-state index contributed by atoms with van der Waals surface area (Å²) in [5, 5.41) is 12.9. The van der Waals surface area contributed by atoms with Crippen molar-refractivity contribution >= 4 is 5.91 Å².